The van der Waals surface area contributed by atoms with Crippen molar-refractivity contribution < 1.29 is 9.90 Å². The lowest BCUT2D eigenvalue weighted by atomic mass is 10.3. The zero-order chi connectivity index (χ0) is 9.44. The third kappa shape index (κ3) is 5.89. The SMILES string of the molecule is CC.CC.CC1CC1C(=O)O. The number of aliphatic carboxylic acids is 1. The van der Waals surface area contributed by atoms with E-state index in [1.807, 2.05) is 34.6 Å². The van der Waals surface area contributed by atoms with Gasteiger partial charge in [0.25, 0.3) is 0 Å². The van der Waals surface area contributed by atoms with Crippen molar-refractivity contribution in [1.82, 2.24) is 0 Å². The Labute approximate surface area is 69.6 Å². The van der Waals surface area contributed by atoms with Crippen molar-refractivity contribution in [1.29, 1.82) is 0 Å². The first-order chi connectivity index (χ1) is 5.22. The van der Waals surface area contributed by atoms with Crippen molar-refractivity contribution in [2.75, 3.05) is 0 Å². The van der Waals surface area contributed by atoms with Crippen LogP contribution in [0.5, 0.6) is 0 Å². The molecule has 0 saturated heterocycles. The largest absolute Gasteiger partial charge is 0.481 e. The Morgan fingerprint density at radius 2 is 1.55 bits per heavy atom. The molecule has 0 spiro atoms. The Hall–Kier alpha value is -0.530. The molecule has 2 unspecified atom stereocenters. The summed E-state index contributed by atoms with van der Waals surface area (Å²) in [5.41, 5.74) is 0. The Balaban J connectivity index is 0. The molecule has 2 atom stereocenters. The van der Waals surface area contributed by atoms with Gasteiger partial charge in [0, 0.05) is 0 Å². The van der Waals surface area contributed by atoms with Crippen LogP contribution in [0.4, 0.5) is 0 Å². The average molecular weight is 160 g/mol. The lowest BCUT2D eigenvalue weighted by Gasteiger charge is -1.79. The molecule has 0 heterocycles. The molecule has 0 bridgehead atoms. The van der Waals surface area contributed by atoms with Gasteiger partial charge in [0.05, 0.1) is 5.92 Å². The van der Waals surface area contributed by atoms with Gasteiger partial charge in [0.15, 0.2) is 0 Å². The van der Waals surface area contributed by atoms with Gasteiger partial charge >= 0.3 is 5.97 Å². The summed E-state index contributed by atoms with van der Waals surface area (Å²) in [6, 6.07) is 0. The van der Waals surface area contributed by atoms with Crippen molar-refractivity contribution >= 4 is 5.97 Å². The van der Waals surface area contributed by atoms with Crippen LogP contribution in [0.25, 0.3) is 0 Å². The zero-order valence-corrected chi connectivity index (χ0v) is 8.22. The standard InChI is InChI=1S/C5H8O2.2C2H6/c1-3-2-4(3)5(6)7;2*1-2/h3-4H,2H2,1H3,(H,6,7);2*1-2H3. The second-order valence-corrected chi connectivity index (χ2v) is 2.16. The van der Waals surface area contributed by atoms with E-state index >= 15 is 0 Å². The van der Waals surface area contributed by atoms with Crippen LogP contribution in [-0.2, 0) is 4.79 Å². The highest BCUT2D eigenvalue weighted by atomic mass is 16.4. The Bertz CT molecular complexity index is 99.7. The molecule has 0 aliphatic heterocycles. The first-order valence-corrected chi connectivity index (χ1v) is 4.44. The predicted molar refractivity (Wildman–Crippen MR) is 47.6 cm³/mol. The smallest absolute Gasteiger partial charge is 0.306 e. The summed E-state index contributed by atoms with van der Waals surface area (Å²) in [5.74, 6) is -0.204. The average Bonchev–Trinajstić information content (AvgIpc) is 2.75. The fraction of sp³-hybridized carbons (Fsp3) is 0.889. The molecule has 1 aliphatic rings. The fourth-order valence-electron chi connectivity index (χ4n) is 0.666. The van der Waals surface area contributed by atoms with Crippen molar-refractivity contribution in [3.8, 4) is 0 Å². The van der Waals surface area contributed by atoms with Crippen LogP contribution < -0.4 is 0 Å². The topological polar surface area (TPSA) is 37.3 Å². The molecule has 0 radical (unpaired) electrons. The van der Waals surface area contributed by atoms with E-state index in [4.69, 9.17) is 5.11 Å². The van der Waals surface area contributed by atoms with Crippen LogP contribution >= 0.6 is 0 Å². The van der Waals surface area contributed by atoms with Gasteiger partial charge in [-0.2, -0.15) is 0 Å². The minimum atomic E-state index is -0.632. The lowest BCUT2D eigenvalue weighted by molar-refractivity contribution is -0.138. The molecule has 68 valence electrons. The van der Waals surface area contributed by atoms with Crippen molar-refractivity contribution in [2.24, 2.45) is 11.8 Å². The molecule has 2 nitrogen and oxygen atoms in total. The maximum Gasteiger partial charge on any atom is 0.306 e. The number of hydrogen-bond donors (Lipinski definition) is 1. The summed E-state index contributed by atoms with van der Waals surface area (Å²) in [6.07, 6.45) is 0.884. The minimum Gasteiger partial charge on any atom is -0.481 e. The highest BCUT2D eigenvalue weighted by molar-refractivity contribution is 5.73. The molecule has 0 aromatic rings. The summed E-state index contributed by atoms with van der Waals surface area (Å²) in [6.45, 7) is 9.96. The van der Waals surface area contributed by atoms with E-state index in [9.17, 15) is 4.79 Å². The summed E-state index contributed by atoms with van der Waals surface area (Å²) in [4.78, 5) is 9.97. The van der Waals surface area contributed by atoms with Crippen LogP contribution in [0.2, 0.25) is 0 Å². The van der Waals surface area contributed by atoms with E-state index < -0.39 is 5.97 Å². The Morgan fingerprint density at radius 1 is 1.27 bits per heavy atom. The maximum atomic E-state index is 9.97. The van der Waals surface area contributed by atoms with Gasteiger partial charge in [-0.15, -0.1) is 0 Å². The van der Waals surface area contributed by atoms with E-state index in [0.29, 0.717) is 5.92 Å². The molecular formula is C9H20O2. The number of carboxylic acids is 1. The van der Waals surface area contributed by atoms with E-state index in [0.717, 1.165) is 6.42 Å². The number of rotatable bonds is 1. The second-order valence-electron chi connectivity index (χ2n) is 2.16. The quantitative estimate of drug-likeness (QED) is 0.640. The Kier molecular flexibility index (Phi) is 9.01. The summed E-state index contributed by atoms with van der Waals surface area (Å²) in [5, 5.41) is 8.22. The van der Waals surface area contributed by atoms with Gasteiger partial charge in [0.2, 0.25) is 0 Å². The molecule has 1 rings (SSSR count). The van der Waals surface area contributed by atoms with E-state index in [1.165, 1.54) is 0 Å². The highest BCUT2D eigenvalue weighted by Crippen LogP contribution is 2.37. The first-order valence-electron chi connectivity index (χ1n) is 4.44. The second kappa shape index (κ2) is 7.58. The predicted octanol–water partition coefficient (Wildman–Crippen LogP) is 2.78. The van der Waals surface area contributed by atoms with Crippen molar-refractivity contribution in [3.63, 3.8) is 0 Å². The number of carbonyl (C=O) groups is 1. The zero-order valence-electron chi connectivity index (χ0n) is 8.22. The first kappa shape index (κ1) is 13.1. The van der Waals surface area contributed by atoms with Gasteiger partial charge in [-0.25, -0.2) is 0 Å². The fourth-order valence-corrected chi connectivity index (χ4v) is 0.666. The molecule has 0 amide bonds. The summed E-state index contributed by atoms with van der Waals surface area (Å²) in [7, 11) is 0. The van der Waals surface area contributed by atoms with Gasteiger partial charge < -0.3 is 5.11 Å². The van der Waals surface area contributed by atoms with Crippen LogP contribution in [0.3, 0.4) is 0 Å². The van der Waals surface area contributed by atoms with Gasteiger partial charge in [0.1, 0.15) is 0 Å². The minimum absolute atomic E-state index is 0.0139. The normalized spacial score (nSPS) is 25.2. The van der Waals surface area contributed by atoms with E-state index in [1.54, 1.807) is 0 Å². The molecule has 11 heavy (non-hydrogen) atoms. The van der Waals surface area contributed by atoms with Gasteiger partial charge in [-0.1, -0.05) is 34.6 Å². The van der Waals surface area contributed by atoms with Crippen molar-refractivity contribution in [2.45, 2.75) is 41.0 Å². The monoisotopic (exact) mass is 160 g/mol. The highest BCUT2D eigenvalue weighted by Gasteiger charge is 2.38. The summed E-state index contributed by atoms with van der Waals surface area (Å²) < 4.78 is 0. The lowest BCUT2D eigenvalue weighted by Crippen LogP contribution is -1.97. The molecule has 1 saturated carbocycles. The third-order valence-corrected chi connectivity index (χ3v) is 1.43. The Morgan fingerprint density at radius 3 is 1.55 bits per heavy atom. The molecule has 0 aromatic carbocycles. The van der Waals surface area contributed by atoms with Crippen molar-refractivity contribution in [3.05, 3.63) is 0 Å². The molecule has 1 aliphatic carbocycles. The van der Waals surface area contributed by atoms with E-state index in [2.05, 4.69) is 0 Å². The third-order valence-electron chi connectivity index (χ3n) is 1.43. The summed E-state index contributed by atoms with van der Waals surface area (Å²) >= 11 is 0. The molecular weight excluding hydrogens is 140 g/mol. The maximum absolute atomic E-state index is 9.97. The molecule has 1 fully saturated rings. The molecule has 0 aromatic heterocycles. The van der Waals surface area contributed by atoms with Crippen LogP contribution in [-0.4, -0.2) is 11.1 Å². The van der Waals surface area contributed by atoms with Gasteiger partial charge in [-0.3, -0.25) is 4.79 Å². The van der Waals surface area contributed by atoms with E-state index in [-0.39, 0.29) is 5.92 Å². The molecule has 2 heteroatoms. The number of hydrogen-bond acceptors (Lipinski definition) is 1. The van der Waals surface area contributed by atoms with Crippen LogP contribution in [0.15, 0.2) is 0 Å². The van der Waals surface area contributed by atoms with Gasteiger partial charge in [-0.05, 0) is 12.3 Å². The van der Waals surface area contributed by atoms with Crippen LogP contribution in [0.1, 0.15) is 41.0 Å². The van der Waals surface area contributed by atoms with Crippen LogP contribution in [0, 0.1) is 11.8 Å². The molecule has 1 N–H and O–H groups in total. The number of carboxylic acid groups (broad SMARTS) is 1.